The van der Waals surface area contributed by atoms with Crippen molar-refractivity contribution < 1.29 is 14.3 Å². The molecule has 0 amide bonds. The first kappa shape index (κ1) is 17.7. The summed E-state index contributed by atoms with van der Waals surface area (Å²) in [6.07, 6.45) is 3.38. The number of pyridine rings is 1. The molecule has 0 aliphatic carbocycles. The van der Waals surface area contributed by atoms with Crippen molar-refractivity contribution >= 4 is 17.6 Å². The van der Waals surface area contributed by atoms with E-state index in [-0.39, 0.29) is 18.6 Å². The number of halogens is 1. The maximum Gasteiger partial charge on any atom is 0.325 e. The van der Waals surface area contributed by atoms with Crippen LogP contribution in [0.2, 0.25) is 5.02 Å². The summed E-state index contributed by atoms with van der Waals surface area (Å²) in [5.41, 5.74) is 0. The highest BCUT2D eigenvalue weighted by Crippen LogP contribution is 2.16. The Morgan fingerprint density at radius 3 is 2.88 bits per heavy atom. The van der Waals surface area contributed by atoms with E-state index in [1.54, 1.807) is 36.7 Å². The summed E-state index contributed by atoms with van der Waals surface area (Å²) in [7, 11) is 0. The van der Waals surface area contributed by atoms with Gasteiger partial charge in [-0.25, -0.2) is 0 Å². The van der Waals surface area contributed by atoms with Crippen molar-refractivity contribution in [1.29, 1.82) is 0 Å². The molecule has 6 nitrogen and oxygen atoms in total. The highest BCUT2D eigenvalue weighted by atomic mass is 35.5. The Kier molecular flexibility index (Phi) is 6.22. The van der Waals surface area contributed by atoms with E-state index < -0.39 is 0 Å². The molecule has 1 atom stereocenters. The Morgan fingerprint density at radius 2 is 2.12 bits per heavy atom. The van der Waals surface area contributed by atoms with Crippen LogP contribution in [0.1, 0.15) is 0 Å². The highest BCUT2D eigenvalue weighted by Gasteiger charge is 2.25. The minimum Gasteiger partial charge on any atom is -0.490 e. The quantitative estimate of drug-likeness (QED) is 0.627. The molecule has 2 aromatic rings. The molecule has 1 aliphatic heterocycles. The number of carbonyl (C=O) groups is 1. The van der Waals surface area contributed by atoms with Gasteiger partial charge in [-0.2, -0.15) is 0 Å². The largest absolute Gasteiger partial charge is 0.490 e. The van der Waals surface area contributed by atoms with Crippen LogP contribution in [0.4, 0.5) is 0 Å². The van der Waals surface area contributed by atoms with Gasteiger partial charge in [-0.3, -0.25) is 14.7 Å². The molecule has 0 saturated carbocycles. The van der Waals surface area contributed by atoms with Crippen molar-refractivity contribution in [2.24, 2.45) is 0 Å². The van der Waals surface area contributed by atoms with Gasteiger partial charge in [-0.05, 0) is 36.4 Å². The monoisotopic (exact) mass is 361 g/mol. The second kappa shape index (κ2) is 8.80. The van der Waals surface area contributed by atoms with E-state index in [0.29, 0.717) is 17.4 Å². The summed E-state index contributed by atoms with van der Waals surface area (Å²) >= 11 is 5.83. The normalized spacial score (nSPS) is 17.9. The van der Waals surface area contributed by atoms with E-state index in [9.17, 15) is 4.79 Å². The Labute approximate surface area is 151 Å². The smallest absolute Gasteiger partial charge is 0.325 e. The Morgan fingerprint density at radius 1 is 1.28 bits per heavy atom. The number of benzene rings is 1. The Hall–Kier alpha value is -2.15. The van der Waals surface area contributed by atoms with Gasteiger partial charge in [0.15, 0.2) is 0 Å². The number of nitrogens with one attached hydrogen (secondary N) is 1. The van der Waals surface area contributed by atoms with Gasteiger partial charge in [0.05, 0.1) is 18.8 Å². The lowest BCUT2D eigenvalue weighted by molar-refractivity contribution is -0.136. The zero-order chi connectivity index (χ0) is 17.5. The van der Waals surface area contributed by atoms with E-state index in [4.69, 9.17) is 21.1 Å². The number of aromatic nitrogens is 1. The third kappa shape index (κ3) is 5.42. The predicted molar refractivity (Wildman–Crippen MR) is 95.0 cm³/mol. The van der Waals surface area contributed by atoms with Gasteiger partial charge in [0, 0.05) is 30.9 Å². The van der Waals surface area contributed by atoms with Crippen LogP contribution in [-0.4, -0.2) is 54.7 Å². The first-order chi connectivity index (χ1) is 12.2. The number of carbonyl (C=O) groups excluding carboxylic acids is 1. The lowest BCUT2D eigenvalue weighted by atomic mass is 10.2. The third-order valence-corrected chi connectivity index (χ3v) is 4.18. The molecule has 0 radical (unpaired) electrons. The molecule has 1 fully saturated rings. The van der Waals surface area contributed by atoms with Crippen molar-refractivity contribution in [2.45, 2.75) is 6.04 Å². The van der Waals surface area contributed by atoms with Crippen molar-refractivity contribution in [3.05, 3.63) is 53.8 Å². The Bertz CT molecular complexity index is 682. The average molecular weight is 362 g/mol. The molecule has 0 spiro atoms. The van der Waals surface area contributed by atoms with Crippen molar-refractivity contribution in [3.8, 4) is 11.5 Å². The SMILES string of the molecule is O=C(CN1CCNCC1COc1cccnc1)Oc1ccc(Cl)cc1. The van der Waals surface area contributed by atoms with Gasteiger partial charge in [0.25, 0.3) is 0 Å². The van der Waals surface area contributed by atoms with Gasteiger partial charge in [0.2, 0.25) is 0 Å². The standard InChI is InChI=1S/C18H20ClN3O3/c19-14-3-5-16(6-4-14)25-18(23)12-22-9-8-21-10-15(22)13-24-17-2-1-7-20-11-17/h1-7,11,15,21H,8-10,12-13H2. The van der Waals surface area contributed by atoms with Gasteiger partial charge in [-0.1, -0.05) is 11.6 Å². The van der Waals surface area contributed by atoms with E-state index >= 15 is 0 Å². The molecule has 1 aromatic carbocycles. The lowest BCUT2D eigenvalue weighted by Gasteiger charge is -2.35. The van der Waals surface area contributed by atoms with Gasteiger partial charge in [0.1, 0.15) is 18.1 Å². The van der Waals surface area contributed by atoms with E-state index in [1.807, 2.05) is 12.1 Å². The van der Waals surface area contributed by atoms with Gasteiger partial charge in [-0.15, -0.1) is 0 Å². The molecule has 1 saturated heterocycles. The first-order valence-corrected chi connectivity index (χ1v) is 8.52. The summed E-state index contributed by atoms with van der Waals surface area (Å²) in [6, 6.07) is 10.5. The van der Waals surface area contributed by atoms with Crippen LogP contribution in [-0.2, 0) is 4.79 Å². The van der Waals surface area contributed by atoms with Crippen LogP contribution in [0.15, 0.2) is 48.8 Å². The van der Waals surface area contributed by atoms with Crippen molar-refractivity contribution in [2.75, 3.05) is 32.8 Å². The zero-order valence-electron chi connectivity index (χ0n) is 13.7. The number of piperazine rings is 1. The molecule has 3 rings (SSSR count). The molecular formula is C18H20ClN3O3. The molecule has 1 aromatic heterocycles. The number of rotatable bonds is 6. The van der Waals surface area contributed by atoms with Gasteiger partial charge >= 0.3 is 5.97 Å². The van der Waals surface area contributed by atoms with E-state index in [2.05, 4.69) is 15.2 Å². The molecule has 7 heteroatoms. The molecule has 1 unspecified atom stereocenters. The van der Waals surface area contributed by atoms with Crippen LogP contribution in [0.3, 0.4) is 0 Å². The second-order valence-electron chi connectivity index (χ2n) is 5.76. The van der Waals surface area contributed by atoms with Gasteiger partial charge < -0.3 is 14.8 Å². The van der Waals surface area contributed by atoms with Crippen molar-refractivity contribution in [3.63, 3.8) is 0 Å². The molecule has 2 heterocycles. The highest BCUT2D eigenvalue weighted by molar-refractivity contribution is 6.30. The summed E-state index contributed by atoms with van der Waals surface area (Å²) in [4.78, 5) is 18.3. The third-order valence-electron chi connectivity index (χ3n) is 3.93. The number of hydrogen-bond acceptors (Lipinski definition) is 6. The van der Waals surface area contributed by atoms with Crippen LogP contribution >= 0.6 is 11.6 Å². The number of hydrogen-bond donors (Lipinski definition) is 1. The fraction of sp³-hybridized carbons (Fsp3) is 0.333. The number of ether oxygens (including phenoxy) is 2. The van der Waals surface area contributed by atoms with E-state index in [1.165, 1.54) is 0 Å². The minimum absolute atomic E-state index is 0.0896. The summed E-state index contributed by atoms with van der Waals surface area (Å²) in [5, 5.41) is 3.93. The fourth-order valence-corrected chi connectivity index (χ4v) is 2.76. The minimum atomic E-state index is -0.296. The zero-order valence-corrected chi connectivity index (χ0v) is 14.5. The summed E-state index contributed by atoms with van der Waals surface area (Å²) in [6.45, 7) is 3.04. The molecule has 132 valence electrons. The average Bonchev–Trinajstić information content (AvgIpc) is 2.64. The number of nitrogens with zero attached hydrogens (tertiary/aromatic N) is 2. The lowest BCUT2D eigenvalue weighted by Crippen LogP contribution is -2.55. The maximum absolute atomic E-state index is 12.2. The maximum atomic E-state index is 12.2. The first-order valence-electron chi connectivity index (χ1n) is 8.14. The predicted octanol–water partition coefficient (Wildman–Crippen LogP) is 1.99. The molecule has 1 aliphatic rings. The molecular weight excluding hydrogens is 342 g/mol. The van der Waals surface area contributed by atoms with Crippen LogP contribution < -0.4 is 14.8 Å². The second-order valence-corrected chi connectivity index (χ2v) is 6.19. The molecule has 25 heavy (non-hydrogen) atoms. The molecule has 0 bridgehead atoms. The van der Waals surface area contributed by atoms with E-state index in [0.717, 1.165) is 25.4 Å². The topological polar surface area (TPSA) is 63.7 Å². The number of esters is 1. The summed E-state index contributed by atoms with van der Waals surface area (Å²) in [5.74, 6) is 0.917. The Balaban J connectivity index is 1.53. The van der Waals surface area contributed by atoms with Crippen LogP contribution in [0.5, 0.6) is 11.5 Å². The fourth-order valence-electron chi connectivity index (χ4n) is 2.63. The summed E-state index contributed by atoms with van der Waals surface area (Å²) < 4.78 is 11.2. The van der Waals surface area contributed by atoms with Crippen LogP contribution in [0.25, 0.3) is 0 Å². The molecule has 1 N–H and O–H groups in total. The van der Waals surface area contributed by atoms with Crippen LogP contribution in [0, 0.1) is 0 Å². The van der Waals surface area contributed by atoms with Crippen molar-refractivity contribution in [1.82, 2.24) is 15.2 Å².